The molecule has 1 aromatic heterocycles. The molecule has 0 spiro atoms. The Balaban J connectivity index is 2.34. The highest BCUT2D eigenvalue weighted by Gasteiger charge is 2.42. The summed E-state index contributed by atoms with van der Waals surface area (Å²) in [6.45, 7) is 1.82. The minimum atomic E-state index is -2.85. The van der Waals surface area contributed by atoms with Crippen molar-refractivity contribution in [3.05, 3.63) is 33.7 Å². The SMILES string of the molecule is CC(OC(N)=O)c1cc(C2CNCCC2(F)F)c[nH]c1=O. The van der Waals surface area contributed by atoms with Crippen LogP contribution in [0.4, 0.5) is 13.6 Å². The second-order valence-electron chi connectivity index (χ2n) is 5.06. The fourth-order valence-electron chi connectivity index (χ4n) is 2.45. The zero-order chi connectivity index (χ0) is 15.6. The number of piperidine rings is 1. The number of nitrogens with one attached hydrogen (secondary N) is 2. The maximum Gasteiger partial charge on any atom is 0.405 e. The summed E-state index contributed by atoms with van der Waals surface area (Å²) < 4.78 is 32.6. The number of aromatic nitrogens is 1. The van der Waals surface area contributed by atoms with Crippen LogP contribution in [0.1, 0.15) is 36.5 Å². The summed E-state index contributed by atoms with van der Waals surface area (Å²) in [5, 5.41) is 2.91. The number of carbonyl (C=O) groups is 1. The minimum Gasteiger partial charge on any atom is -0.442 e. The Hall–Kier alpha value is -1.96. The lowest BCUT2D eigenvalue weighted by Gasteiger charge is -2.32. The average Bonchev–Trinajstić information content (AvgIpc) is 2.38. The average molecular weight is 301 g/mol. The summed E-state index contributed by atoms with van der Waals surface area (Å²) in [5.41, 5.74) is 4.78. The van der Waals surface area contributed by atoms with Crippen molar-refractivity contribution in [3.8, 4) is 0 Å². The van der Waals surface area contributed by atoms with E-state index in [2.05, 4.69) is 10.3 Å². The van der Waals surface area contributed by atoms with E-state index in [9.17, 15) is 18.4 Å². The quantitative estimate of drug-likeness (QED) is 0.782. The van der Waals surface area contributed by atoms with Crippen molar-refractivity contribution in [1.29, 1.82) is 0 Å². The number of hydrogen-bond donors (Lipinski definition) is 3. The molecular weight excluding hydrogens is 284 g/mol. The lowest BCUT2D eigenvalue weighted by Crippen LogP contribution is -2.43. The van der Waals surface area contributed by atoms with E-state index in [4.69, 9.17) is 10.5 Å². The normalized spacial score (nSPS) is 22.5. The van der Waals surface area contributed by atoms with Crippen LogP contribution in [0.5, 0.6) is 0 Å². The molecule has 116 valence electrons. The Labute approximate surface area is 119 Å². The van der Waals surface area contributed by atoms with Gasteiger partial charge in [-0.2, -0.15) is 0 Å². The number of nitrogens with two attached hydrogens (primary N) is 1. The maximum atomic E-state index is 14.0. The predicted molar refractivity (Wildman–Crippen MR) is 71.3 cm³/mol. The molecule has 1 aliphatic rings. The molecule has 1 saturated heterocycles. The highest BCUT2D eigenvalue weighted by Crippen LogP contribution is 2.37. The number of H-pyrrole nitrogens is 1. The molecule has 8 heteroatoms. The van der Waals surface area contributed by atoms with Gasteiger partial charge in [-0.05, 0) is 18.6 Å². The molecule has 1 fully saturated rings. The fourth-order valence-corrected chi connectivity index (χ4v) is 2.45. The molecule has 0 aliphatic carbocycles. The standard InChI is InChI=1S/C13H17F2N3O3/c1-7(21-12(16)20)9-4-8(5-18-11(9)19)10-6-17-3-2-13(10,14)15/h4-5,7,10,17H,2-3,6H2,1H3,(H2,16,20)(H,18,19). The van der Waals surface area contributed by atoms with Crippen LogP contribution in [0, 0.1) is 0 Å². The lowest BCUT2D eigenvalue weighted by molar-refractivity contribution is -0.0481. The van der Waals surface area contributed by atoms with Crippen LogP contribution in [0.2, 0.25) is 0 Å². The van der Waals surface area contributed by atoms with Crippen LogP contribution in [-0.4, -0.2) is 30.1 Å². The van der Waals surface area contributed by atoms with E-state index in [1.807, 2.05) is 0 Å². The highest BCUT2D eigenvalue weighted by atomic mass is 19.3. The van der Waals surface area contributed by atoms with Crippen LogP contribution in [0.25, 0.3) is 0 Å². The van der Waals surface area contributed by atoms with Gasteiger partial charge in [-0.25, -0.2) is 13.6 Å². The monoisotopic (exact) mass is 301 g/mol. The van der Waals surface area contributed by atoms with E-state index in [1.165, 1.54) is 19.2 Å². The maximum absolute atomic E-state index is 14.0. The van der Waals surface area contributed by atoms with Crippen molar-refractivity contribution in [2.75, 3.05) is 13.1 Å². The number of carbonyl (C=O) groups excluding carboxylic acids is 1. The molecule has 6 nitrogen and oxygen atoms in total. The van der Waals surface area contributed by atoms with E-state index in [-0.39, 0.29) is 25.1 Å². The molecule has 1 aromatic rings. The first-order valence-corrected chi connectivity index (χ1v) is 6.58. The largest absolute Gasteiger partial charge is 0.442 e. The van der Waals surface area contributed by atoms with Crippen molar-refractivity contribution in [2.45, 2.75) is 31.3 Å². The zero-order valence-electron chi connectivity index (χ0n) is 11.5. The molecule has 2 heterocycles. The molecule has 0 radical (unpaired) electrons. The summed E-state index contributed by atoms with van der Waals surface area (Å²) in [5.74, 6) is -3.89. The van der Waals surface area contributed by atoms with Gasteiger partial charge in [0, 0.05) is 25.7 Å². The number of halogens is 2. The Bertz CT molecular complexity index is 588. The molecule has 1 amide bonds. The van der Waals surface area contributed by atoms with Crippen molar-refractivity contribution in [1.82, 2.24) is 10.3 Å². The lowest BCUT2D eigenvalue weighted by atomic mass is 9.88. The van der Waals surface area contributed by atoms with E-state index < -0.39 is 29.6 Å². The number of aromatic amines is 1. The Kier molecular flexibility index (Phi) is 4.26. The van der Waals surface area contributed by atoms with Crippen LogP contribution < -0.4 is 16.6 Å². The molecule has 2 rings (SSSR count). The molecular formula is C13H17F2N3O3. The number of alkyl halides is 2. The van der Waals surface area contributed by atoms with Crippen molar-refractivity contribution in [3.63, 3.8) is 0 Å². The topological polar surface area (TPSA) is 97.2 Å². The first kappa shape index (κ1) is 15.4. The second kappa shape index (κ2) is 5.80. The Morgan fingerprint density at radius 1 is 1.57 bits per heavy atom. The molecule has 2 atom stereocenters. The molecule has 21 heavy (non-hydrogen) atoms. The van der Waals surface area contributed by atoms with Crippen LogP contribution in [-0.2, 0) is 4.74 Å². The van der Waals surface area contributed by atoms with Crippen LogP contribution in [0.3, 0.4) is 0 Å². The summed E-state index contributed by atoms with van der Waals surface area (Å²) in [6, 6.07) is 1.35. The zero-order valence-corrected chi connectivity index (χ0v) is 11.5. The smallest absolute Gasteiger partial charge is 0.405 e. The molecule has 4 N–H and O–H groups in total. The predicted octanol–water partition coefficient (Wildman–Crippen LogP) is 1.24. The molecule has 0 saturated carbocycles. The number of primary amides is 1. The van der Waals surface area contributed by atoms with Crippen molar-refractivity contribution < 1.29 is 18.3 Å². The third kappa shape index (κ3) is 3.38. The van der Waals surface area contributed by atoms with E-state index in [1.54, 1.807) is 0 Å². The van der Waals surface area contributed by atoms with E-state index >= 15 is 0 Å². The highest BCUT2D eigenvalue weighted by molar-refractivity contribution is 5.65. The summed E-state index contributed by atoms with van der Waals surface area (Å²) in [4.78, 5) is 24.9. The van der Waals surface area contributed by atoms with E-state index in [0.717, 1.165) is 0 Å². The van der Waals surface area contributed by atoms with Crippen LogP contribution in [0.15, 0.2) is 17.1 Å². The number of hydrogen-bond acceptors (Lipinski definition) is 4. The van der Waals surface area contributed by atoms with Gasteiger partial charge in [0.15, 0.2) is 0 Å². The Morgan fingerprint density at radius 3 is 2.90 bits per heavy atom. The minimum absolute atomic E-state index is 0.0904. The van der Waals surface area contributed by atoms with Gasteiger partial charge >= 0.3 is 6.09 Å². The molecule has 2 unspecified atom stereocenters. The number of pyridine rings is 1. The van der Waals surface area contributed by atoms with Gasteiger partial charge in [-0.15, -0.1) is 0 Å². The third-order valence-corrected chi connectivity index (χ3v) is 3.58. The molecule has 0 aromatic carbocycles. The van der Waals surface area contributed by atoms with Crippen LogP contribution >= 0.6 is 0 Å². The van der Waals surface area contributed by atoms with Gasteiger partial charge in [-0.3, -0.25) is 4.79 Å². The third-order valence-electron chi connectivity index (χ3n) is 3.58. The van der Waals surface area contributed by atoms with Gasteiger partial charge in [0.25, 0.3) is 11.5 Å². The number of ether oxygens (including phenoxy) is 1. The molecule has 0 bridgehead atoms. The van der Waals surface area contributed by atoms with Gasteiger partial charge in [0.2, 0.25) is 0 Å². The van der Waals surface area contributed by atoms with Crippen molar-refractivity contribution >= 4 is 6.09 Å². The number of amides is 1. The van der Waals surface area contributed by atoms with Gasteiger partial charge in [0.05, 0.1) is 11.5 Å². The fraction of sp³-hybridized carbons (Fsp3) is 0.538. The summed E-state index contributed by atoms with van der Waals surface area (Å²) in [6.07, 6.45) is -0.929. The first-order chi connectivity index (χ1) is 9.81. The van der Waals surface area contributed by atoms with Gasteiger partial charge in [0.1, 0.15) is 6.10 Å². The first-order valence-electron chi connectivity index (χ1n) is 6.58. The van der Waals surface area contributed by atoms with E-state index in [0.29, 0.717) is 5.56 Å². The van der Waals surface area contributed by atoms with Gasteiger partial charge in [-0.1, -0.05) is 0 Å². The second-order valence-corrected chi connectivity index (χ2v) is 5.06. The van der Waals surface area contributed by atoms with Crippen molar-refractivity contribution in [2.24, 2.45) is 5.73 Å². The molecule has 1 aliphatic heterocycles. The summed E-state index contributed by atoms with van der Waals surface area (Å²) in [7, 11) is 0. The van der Waals surface area contributed by atoms with Gasteiger partial charge < -0.3 is 20.8 Å². The Morgan fingerprint density at radius 2 is 2.29 bits per heavy atom. The number of rotatable bonds is 3. The summed E-state index contributed by atoms with van der Waals surface area (Å²) >= 11 is 0.